The van der Waals surface area contributed by atoms with Crippen LogP contribution in [0.15, 0.2) is 164 Å². The van der Waals surface area contributed by atoms with Crippen molar-refractivity contribution >= 4 is 65.2 Å². The van der Waals surface area contributed by atoms with Crippen molar-refractivity contribution in [2.75, 3.05) is 0 Å². The molecular weight excluding hydrogens is 850 g/mol. The number of rotatable bonds is 3. The summed E-state index contributed by atoms with van der Waals surface area (Å²) in [5.41, 5.74) is 8.14. The van der Waals surface area contributed by atoms with Gasteiger partial charge in [-0.3, -0.25) is 0 Å². The predicted octanol–water partition coefficient (Wildman–Crippen LogP) is 13.1. The number of hydrogen-bond acceptors (Lipinski definition) is 1. The Morgan fingerprint density at radius 3 is 1.65 bits per heavy atom. The monoisotopic (exact) mass is 885 g/mol. The Morgan fingerprint density at radius 2 is 1.00 bits per heavy atom. The fourth-order valence-corrected chi connectivity index (χ4v) is 8.03. The van der Waals surface area contributed by atoms with Crippen molar-refractivity contribution in [3.05, 3.63) is 188 Å². The van der Waals surface area contributed by atoms with Crippen LogP contribution in [-0.4, -0.2) is 14.1 Å². The average Bonchev–Trinajstić information content (AvgIpc) is 3.55. The van der Waals surface area contributed by atoms with E-state index in [1.165, 1.54) is 21.7 Å². The van der Waals surface area contributed by atoms with E-state index in [0.29, 0.717) is 0 Å². The molecule has 0 atom stereocenters. The van der Waals surface area contributed by atoms with Gasteiger partial charge < -0.3 is 9.13 Å². The van der Waals surface area contributed by atoms with Crippen LogP contribution in [0.4, 0.5) is 0 Å². The van der Waals surface area contributed by atoms with E-state index in [2.05, 4.69) is 194 Å². The summed E-state index contributed by atoms with van der Waals surface area (Å²) in [6.07, 6.45) is 1.94. The largest absolute Gasteiger partial charge is 0.352 e. The van der Waals surface area contributed by atoms with E-state index in [1.54, 1.807) is 0 Å². The Bertz CT molecular complexity index is 3150. The first-order chi connectivity index (χ1) is 26.4. The molecule has 0 bridgehead atoms. The molecule has 0 spiro atoms. The van der Waals surface area contributed by atoms with Gasteiger partial charge in [0.25, 0.3) is 0 Å². The molecule has 0 unspecified atom stereocenters. The molecule has 10 aromatic rings. The fraction of sp³-hybridized carbons (Fsp3) is 0.0784. The van der Waals surface area contributed by atoms with Gasteiger partial charge in [-0.05, 0) is 62.5 Å². The Morgan fingerprint density at radius 1 is 0.473 bits per heavy atom. The van der Waals surface area contributed by atoms with E-state index >= 15 is 0 Å². The minimum absolute atomic E-state index is 0. The summed E-state index contributed by atoms with van der Waals surface area (Å²) in [4.78, 5) is 5.00. The molecule has 10 rings (SSSR count). The van der Waals surface area contributed by atoms with E-state index < -0.39 is 0 Å². The molecule has 3 heterocycles. The number of aromatic nitrogens is 3. The van der Waals surface area contributed by atoms with Crippen LogP contribution in [0.1, 0.15) is 26.3 Å². The summed E-state index contributed by atoms with van der Waals surface area (Å²) in [7, 11) is 0. The van der Waals surface area contributed by atoms with Gasteiger partial charge in [0.2, 0.25) is 0 Å². The van der Waals surface area contributed by atoms with Gasteiger partial charge >= 0.3 is 0 Å². The quantitative estimate of drug-likeness (QED) is 0.162. The molecule has 0 saturated carbocycles. The van der Waals surface area contributed by atoms with E-state index in [1.807, 2.05) is 18.3 Å². The zero-order chi connectivity index (χ0) is 36.4. The molecule has 0 N–H and O–H groups in total. The first kappa shape index (κ1) is 34.7. The summed E-state index contributed by atoms with van der Waals surface area (Å²) in [5, 5.41) is 9.20. The fourth-order valence-electron chi connectivity index (χ4n) is 8.03. The van der Waals surface area contributed by atoms with Gasteiger partial charge in [0.05, 0.1) is 5.52 Å². The maximum absolute atomic E-state index is 5.00. The first-order valence-corrected chi connectivity index (χ1v) is 18.5. The molecule has 3 aromatic heterocycles. The van der Waals surface area contributed by atoms with Crippen molar-refractivity contribution in [2.45, 2.75) is 26.2 Å². The number of pyridine rings is 1. The third-order valence-corrected chi connectivity index (χ3v) is 10.6. The van der Waals surface area contributed by atoms with Crippen molar-refractivity contribution < 1.29 is 21.1 Å². The summed E-state index contributed by atoms with van der Waals surface area (Å²) < 4.78 is 4.65. The molecule has 0 aliphatic rings. The number of benzene rings is 7. The molecule has 0 aliphatic carbocycles. The molecule has 0 amide bonds. The van der Waals surface area contributed by atoms with Crippen LogP contribution in [0.2, 0.25) is 0 Å². The van der Waals surface area contributed by atoms with Gasteiger partial charge in [0.15, 0.2) is 0 Å². The van der Waals surface area contributed by atoms with Crippen LogP contribution in [0.5, 0.6) is 0 Å². The van der Waals surface area contributed by atoms with Crippen LogP contribution in [-0.2, 0) is 26.5 Å². The third kappa shape index (κ3) is 5.82. The molecular formula is C51H36N3Pt-3. The van der Waals surface area contributed by atoms with Crippen molar-refractivity contribution in [1.29, 1.82) is 0 Å². The summed E-state index contributed by atoms with van der Waals surface area (Å²) in [5.74, 6) is 0.876. The van der Waals surface area contributed by atoms with E-state index in [0.717, 1.165) is 71.6 Å². The van der Waals surface area contributed by atoms with Crippen LogP contribution >= 0.6 is 0 Å². The zero-order valence-corrected chi connectivity index (χ0v) is 33.0. The van der Waals surface area contributed by atoms with Crippen LogP contribution < -0.4 is 0 Å². The SMILES string of the molecule is CC(C)(C)c1ccnc(-n2c3[c-]c4c(cc3c3ccccc32)c2ccccc2c2ccccc2c2ccccc2n4-c2[c-]c(-c3[c-]cccc3)ccc2)c1.[Pt]. The van der Waals surface area contributed by atoms with Gasteiger partial charge in [-0.15, -0.1) is 29.0 Å². The van der Waals surface area contributed by atoms with Gasteiger partial charge in [0, 0.05) is 38.2 Å². The van der Waals surface area contributed by atoms with Gasteiger partial charge in [-0.2, -0.15) is 48.5 Å². The Labute approximate surface area is 335 Å². The van der Waals surface area contributed by atoms with Crippen molar-refractivity contribution in [2.24, 2.45) is 0 Å². The van der Waals surface area contributed by atoms with E-state index in [4.69, 9.17) is 4.98 Å². The Hall–Kier alpha value is -6.02. The average molecular weight is 886 g/mol. The minimum atomic E-state index is -0.0377. The van der Waals surface area contributed by atoms with Crippen molar-refractivity contribution in [3.8, 4) is 22.6 Å². The normalized spacial score (nSPS) is 11.8. The van der Waals surface area contributed by atoms with Gasteiger partial charge in [-0.1, -0.05) is 122 Å². The van der Waals surface area contributed by atoms with Gasteiger partial charge in [0.1, 0.15) is 5.82 Å². The number of para-hydroxylation sites is 2. The van der Waals surface area contributed by atoms with Crippen molar-refractivity contribution in [3.63, 3.8) is 0 Å². The molecule has 268 valence electrons. The zero-order valence-electron chi connectivity index (χ0n) is 30.7. The second kappa shape index (κ2) is 13.7. The van der Waals surface area contributed by atoms with E-state index in [9.17, 15) is 0 Å². The summed E-state index contributed by atoms with van der Waals surface area (Å²) in [6, 6.07) is 67.5. The molecule has 7 aromatic carbocycles. The predicted molar refractivity (Wildman–Crippen MR) is 226 cm³/mol. The number of hydrogen-bond donors (Lipinski definition) is 0. The van der Waals surface area contributed by atoms with Crippen LogP contribution in [0.3, 0.4) is 0 Å². The first-order valence-electron chi connectivity index (χ1n) is 18.5. The molecule has 0 saturated heterocycles. The number of nitrogens with zero attached hydrogens (tertiary/aromatic N) is 3. The smallest absolute Gasteiger partial charge is 0.135 e. The maximum atomic E-state index is 5.00. The molecule has 0 fully saturated rings. The van der Waals surface area contributed by atoms with Crippen molar-refractivity contribution in [1.82, 2.24) is 14.1 Å². The Kier molecular flexibility index (Phi) is 8.64. The Balaban J connectivity index is 0.00000397. The van der Waals surface area contributed by atoms with E-state index in [-0.39, 0.29) is 26.5 Å². The molecule has 0 radical (unpaired) electrons. The topological polar surface area (TPSA) is 22.8 Å². The van der Waals surface area contributed by atoms with Crippen LogP contribution in [0, 0.1) is 18.2 Å². The standard InChI is InChI=1S/C51H36N3.Pt/c1-51(2,3)36-28-29-52-50(31-36)54-47-27-14-12-25-43(47)45-32-44-41-23-10-8-21-39(41)38-20-7-9-22-40(38)42-24-11-13-26-46(42)53(48(44)33-49(45)54)37-19-15-18-35(30-37)34-16-5-4-6-17-34;/h4-16,18-29,31-32H,1-3H3;/q-3;. The van der Waals surface area contributed by atoms with Gasteiger partial charge in [-0.25, -0.2) is 16.1 Å². The molecule has 0 aliphatic heterocycles. The second-order valence-corrected chi connectivity index (χ2v) is 15.0. The number of fused-ring (bicyclic) bond motifs is 10. The maximum Gasteiger partial charge on any atom is 0.135 e. The summed E-state index contributed by atoms with van der Waals surface area (Å²) in [6.45, 7) is 6.75. The molecule has 3 nitrogen and oxygen atoms in total. The molecule has 55 heavy (non-hydrogen) atoms. The third-order valence-electron chi connectivity index (χ3n) is 10.6. The summed E-state index contributed by atoms with van der Waals surface area (Å²) >= 11 is 0. The second-order valence-electron chi connectivity index (χ2n) is 15.0. The van der Waals surface area contributed by atoms with Crippen LogP contribution in [0.25, 0.3) is 87.8 Å². The molecule has 4 heteroatoms. The minimum Gasteiger partial charge on any atom is -0.352 e.